The molecule has 0 saturated heterocycles. The topological polar surface area (TPSA) is 24.9 Å². The number of hydrogen-bond acceptors (Lipinski definition) is 2. The van der Waals surface area contributed by atoms with E-state index in [-0.39, 0.29) is 0 Å². The van der Waals surface area contributed by atoms with E-state index in [4.69, 9.17) is 0 Å². The van der Waals surface area contributed by atoms with Gasteiger partial charge in [-0.05, 0) is 36.0 Å². The van der Waals surface area contributed by atoms with Crippen LogP contribution >= 0.6 is 0 Å². The average Bonchev–Trinajstić information content (AvgIpc) is 2.17. The SMILES string of the molecule is CC(C)c1ccnc2c1CCCN2. The fourth-order valence-corrected chi connectivity index (χ4v) is 1.94. The number of anilines is 1. The van der Waals surface area contributed by atoms with Crippen molar-refractivity contribution in [1.82, 2.24) is 4.98 Å². The molecule has 1 aromatic heterocycles. The molecular formula is C11H16N2. The fourth-order valence-electron chi connectivity index (χ4n) is 1.94. The summed E-state index contributed by atoms with van der Waals surface area (Å²) in [6.45, 7) is 5.55. The molecule has 13 heavy (non-hydrogen) atoms. The Hall–Kier alpha value is -1.05. The first-order valence-electron chi connectivity index (χ1n) is 5.00. The maximum absolute atomic E-state index is 4.35. The van der Waals surface area contributed by atoms with Gasteiger partial charge in [-0.3, -0.25) is 0 Å². The lowest BCUT2D eigenvalue weighted by Crippen LogP contribution is -2.15. The molecule has 0 fully saturated rings. The monoisotopic (exact) mass is 176 g/mol. The van der Waals surface area contributed by atoms with Gasteiger partial charge in [0.2, 0.25) is 0 Å². The number of hydrogen-bond donors (Lipinski definition) is 1. The fraction of sp³-hybridized carbons (Fsp3) is 0.545. The minimum atomic E-state index is 0.608. The quantitative estimate of drug-likeness (QED) is 0.711. The van der Waals surface area contributed by atoms with Crippen molar-refractivity contribution in [2.24, 2.45) is 0 Å². The zero-order valence-corrected chi connectivity index (χ0v) is 8.30. The molecule has 2 heterocycles. The molecule has 2 heteroatoms. The van der Waals surface area contributed by atoms with Crippen molar-refractivity contribution < 1.29 is 0 Å². The largest absolute Gasteiger partial charge is 0.370 e. The van der Waals surface area contributed by atoms with E-state index in [1.54, 1.807) is 0 Å². The van der Waals surface area contributed by atoms with Crippen molar-refractivity contribution in [2.45, 2.75) is 32.6 Å². The third-order valence-electron chi connectivity index (χ3n) is 2.61. The smallest absolute Gasteiger partial charge is 0.129 e. The van der Waals surface area contributed by atoms with Gasteiger partial charge in [-0.2, -0.15) is 0 Å². The summed E-state index contributed by atoms with van der Waals surface area (Å²) in [5.41, 5.74) is 2.89. The van der Waals surface area contributed by atoms with Gasteiger partial charge in [-0.25, -0.2) is 4.98 Å². The summed E-state index contributed by atoms with van der Waals surface area (Å²) >= 11 is 0. The molecule has 70 valence electrons. The number of fused-ring (bicyclic) bond motifs is 1. The second-order valence-electron chi connectivity index (χ2n) is 3.91. The number of pyridine rings is 1. The van der Waals surface area contributed by atoms with Crippen LogP contribution in [0.4, 0.5) is 5.82 Å². The van der Waals surface area contributed by atoms with Crippen molar-refractivity contribution in [3.8, 4) is 0 Å². The predicted octanol–water partition coefficient (Wildman–Crippen LogP) is 2.56. The van der Waals surface area contributed by atoms with E-state index in [9.17, 15) is 0 Å². The Morgan fingerprint density at radius 2 is 2.31 bits per heavy atom. The first kappa shape index (κ1) is 8.54. The lowest BCUT2D eigenvalue weighted by molar-refractivity contribution is 0.771. The van der Waals surface area contributed by atoms with E-state index in [1.807, 2.05) is 6.20 Å². The van der Waals surface area contributed by atoms with E-state index in [1.165, 1.54) is 24.0 Å². The normalized spacial score (nSPS) is 15.3. The van der Waals surface area contributed by atoms with Crippen molar-refractivity contribution in [2.75, 3.05) is 11.9 Å². The van der Waals surface area contributed by atoms with Gasteiger partial charge >= 0.3 is 0 Å². The minimum Gasteiger partial charge on any atom is -0.370 e. The van der Waals surface area contributed by atoms with Crippen LogP contribution in [0.3, 0.4) is 0 Å². The molecule has 1 aliphatic rings. The van der Waals surface area contributed by atoms with Gasteiger partial charge in [0.15, 0.2) is 0 Å². The molecular weight excluding hydrogens is 160 g/mol. The van der Waals surface area contributed by atoms with Crippen LogP contribution in [0, 0.1) is 0 Å². The zero-order valence-electron chi connectivity index (χ0n) is 8.30. The van der Waals surface area contributed by atoms with E-state index in [0.29, 0.717) is 5.92 Å². The Bertz CT molecular complexity index is 305. The summed E-state index contributed by atoms with van der Waals surface area (Å²) in [5, 5.41) is 3.35. The van der Waals surface area contributed by atoms with Crippen molar-refractivity contribution >= 4 is 5.82 Å². The third-order valence-corrected chi connectivity index (χ3v) is 2.61. The molecule has 1 aliphatic heterocycles. The Labute approximate surface area is 79.4 Å². The minimum absolute atomic E-state index is 0.608. The number of nitrogens with one attached hydrogen (secondary N) is 1. The highest BCUT2D eigenvalue weighted by Crippen LogP contribution is 2.27. The molecule has 2 rings (SSSR count). The second kappa shape index (κ2) is 3.36. The van der Waals surface area contributed by atoms with E-state index >= 15 is 0 Å². The van der Waals surface area contributed by atoms with Gasteiger partial charge in [0.05, 0.1) is 0 Å². The molecule has 0 aliphatic carbocycles. The summed E-state index contributed by atoms with van der Waals surface area (Å²) in [4.78, 5) is 4.35. The van der Waals surface area contributed by atoms with Gasteiger partial charge in [-0.1, -0.05) is 13.8 Å². The van der Waals surface area contributed by atoms with Gasteiger partial charge in [-0.15, -0.1) is 0 Å². The molecule has 0 saturated carbocycles. The summed E-state index contributed by atoms with van der Waals surface area (Å²) in [5.74, 6) is 1.72. The maximum atomic E-state index is 4.35. The van der Waals surface area contributed by atoms with Gasteiger partial charge < -0.3 is 5.32 Å². The summed E-state index contributed by atoms with van der Waals surface area (Å²) in [7, 11) is 0. The van der Waals surface area contributed by atoms with Crippen LogP contribution in [0.1, 0.15) is 37.3 Å². The third kappa shape index (κ3) is 1.53. The Morgan fingerprint density at radius 1 is 1.46 bits per heavy atom. The van der Waals surface area contributed by atoms with Crippen LogP contribution in [-0.4, -0.2) is 11.5 Å². The van der Waals surface area contributed by atoms with E-state index < -0.39 is 0 Å². The lowest BCUT2D eigenvalue weighted by atomic mass is 9.94. The summed E-state index contributed by atoms with van der Waals surface area (Å²) in [6, 6.07) is 2.15. The van der Waals surface area contributed by atoms with Gasteiger partial charge in [0, 0.05) is 12.7 Å². The molecule has 0 bridgehead atoms. The average molecular weight is 176 g/mol. The molecule has 0 spiro atoms. The van der Waals surface area contributed by atoms with Crippen LogP contribution in [0.5, 0.6) is 0 Å². The molecule has 1 aromatic rings. The van der Waals surface area contributed by atoms with Crippen LogP contribution in [0.15, 0.2) is 12.3 Å². The summed E-state index contributed by atoms with van der Waals surface area (Å²) < 4.78 is 0. The van der Waals surface area contributed by atoms with Crippen molar-refractivity contribution in [3.63, 3.8) is 0 Å². The molecule has 0 unspecified atom stereocenters. The molecule has 1 N–H and O–H groups in total. The zero-order chi connectivity index (χ0) is 9.26. The highest BCUT2D eigenvalue weighted by molar-refractivity contribution is 5.51. The Balaban J connectivity index is 2.46. The van der Waals surface area contributed by atoms with Crippen molar-refractivity contribution in [1.29, 1.82) is 0 Å². The Morgan fingerprint density at radius 3 is 3.08 bits per heavy atom. The highest BCUT2D eigenvalue weighted by atomic mass is 15.0. The molecule has 0 atom stereocenters. The highest BCUT2D eigenvalue weighted by Gasteiger charge is 2.14. The first-order valence-corrected chi connectivity index (χ1v) is 5.00. The van der Waals surface area contributed by atoms with E-state index in [0.717, 1.165) is 12.4 Å². The van der Waals surface area contributed by atoms with Crippen LogP contribution < -0.4 is 5.32 Å². The second-order valence-corrected chi connectivity index (χ2v) is 3.91. The molecule has 0 aromatic carbocycles. The lowest BCUT2D eigenvalue weighted by Gasteiger charge is -2.21. The van der Waals surface area contributed by atoms with Gasteiger partial charge in [0.25, 0.3) is 0 Å². The first-order chi connectivity index (χ1) is 6.29. The van der Waals surface area contributed by atoms with Crippen LogP contribution in [0.25, 0.3) is 0 Å². The summed E-state index contributed by atoms with van der Waals surface area (Å²) in [6.07, 6.45) is 4.33. The Kier molecular flexibility index (Phi) is 2.21. The molecule has 0 radical (unpaired) electrons. The number of aromatic nitrogens is 1. The predicted molar refractivity (Wildman–Crippen MR) is 55.1 cm³/mol. The number of nitrogens with zero attached hydrogens (tertiary/aromatic N) is 1. The van der Waals surface area contributed by atoms with E-state index in [2.05, 4.69) is 30.2 Å². The standard InChI is InChI=1S/C11H16N2/c1-8(2)9-5-7-13-11-10(9)4-3-6-12-11/h5,7-8H,3-4,6H2,1-2H3,(H,12,13). The van der Waals surface area contributed by atoms with Crippen molar-refractivity contribution in [3.05, 3.63) is 23.4 Å². The van der Waals surface area contributed by atoms with Gasteiger partial charge in [0.1, 0.15) is 5.82 Å². The van der Waals surface area contributed by atoms with Crippen LogP contribution in [-0.2, 0) is 6.42 Å². The number of rotatable bonds is 1. The van der Waals surface area contributed by atoms with Crippen LogP contribution in [0.2, 0.25) is 0 Å². The maximum Gasteiger partial charge on any atom is 0.129 e. The molecule has 0 amide bonds. The molecule has 2 nitrogen and oxygen atoms in total.